The highest BCUT2D eigenvalue weighted by molar-refractivity contribution is 8.14. The first-order valence-electron chi connectivity index (χ1n) is 6.21. The van der Waals surface area contributed by atoms with E-state index in [0.29, 0.717) is 5.75 Å². The molecule has 1 aliphatic rings. The quantitative estimate of drug-likeness (QED) is 0.876. The molecule has 0 saturated heterocycles. The van der Waals surface area contributed by atoms with Crippen molar-refractivity contribution in [1.29, 1.82) is 0 Å². The summed E-state index contributed by atoms with van der Waals surface area (Å²) in [4.78, 5) is 16.5. The van der Waals surface area contributed by atoms with E-state index in [0.717, 1.165) is 10.6 Å². The van der Waals surface area contributed by atoms with E-state index in [2.05, 4.69) is 10.3 Å². The maximum absolute atomic E-state index is 12.1. The number of carbonyl (C=O) groups excluding carboxylic acids is 1. The first-order chi connectivity index (χ1) is 9.02. The maximum Gasteiger partial charge on any atom is 0.246 e. The van der Waals surface area contributed by atoms with Gasteiger partial charge in [-0.05, 0) is 13.8 Å². The number of nitrogens with zero attached hydrogens (tertiary/aromatic N) is 1. The number of hydrogen-bond acceptors (Lipinski definition) is 4. The van der Waals surface area contributed by atoms with Gasteiger partial charge in [0.1, 0.15) is 6.04 Å². The molecule has 1 aromatic carbocycles. The number of carbonyl (C=O) groups is 1. The number of aliphatic hydroxyl groups excluding tert-OH is 1. The first-order valence-corrected chi connectivity index (χ1v) is 7.19. The molecule has 2 N–H and O–H groups in total. The number of hydrogen-bond donors (Lipinski definition) is 2. The van der Waals surface area contributed by atoms with Crippen molar-refractivity contribution >= 4 is 22.7 Å². The zero-order chi connectivity index (χ0) is 13.9. The molecular weight excluding hydrogens is 260 g/mol. The molecular formula is C14H18N2O2S. The molecule has 0 radical (unpaired) electrons. The summed E-state index contributed by atoms with van der Waals surface area (Å²) >= 11 is 1.59. The van der Waals surface area contributed by atoms with E-state index in [-0.39, 0.29) is 18.6 Å². The van der Waals surface area contributed by atoms with Gasteiger partial charge in [-0.15, -0.1) is 11.8 Å². The number of thioether (sulfide) groups is 1. The number of aliphatic hydroxyl groups is 1. The van der Waals surface area contributed by atoms with Crippen LogP contribution < -0.4 is 5.32 Å². The Bertz CT molecular complexity index is 485. The summed E-state index contributed by atoms with van der Waals surface area (Å²) in [5.74, 6) is 0.523. The number of benzene rings is 1. The van der Waals surface area contributed by atoms with Crippen LogP contribution in [0.2, 0.25) is 0 Å². The van der Waals surface area contributed by atoms with Crippen molar-refractivity contribution in [1.82, 2.24) is 5.32 Å². The number of amides is 1. The van der Waals surface area contributed by atoms with Gasteiger partial charge < -0.3 is 10.4 Å². The van der Waals surface area contributed by atoms with Gasteiger partial charge >= 0.3 is 0 Å². The number of aliphatic imine (C=N–C) groups is 1. The summed E-state index contributed by atoms with van der Waals surface area (Å²) in [6, 6.07) is 9.48. The molecule has 0 fully saturated rings. The highest BCUT2D eigenvalue weighted by Crippen LogP contribution is 2.23. The monoisotopic (exact) mass is 278 g/mol. The first kappa shape index (κ1) is 14.1. The zero-order valence-corrected chi connectivity index (χ0v) is 11.9. The minimum absolute atomic E-state index is 0.0894. The van der Waals surface area contributed by atoms with Crippen LogP contribution in [-0.4, -0.2) is 40.0 Å². The SMILES string of the molecule is CC(C)(CO)NC(=O)C1CSC(c2ccccc2)=N1. The van der Waals surface area contributed by atoms with Crippen LogP contribution in [0.5, 0.6) is 0 Å². The van der Waals surface area contributed by atoms with Gasteiger partial charge in [-0.2, -0.15) is 0 Å². The second-order valence-electron chi connectivity index (χ2n) is 5.16. The highest BCUT2D eigenvalue weighted by Gasteiger charge is 2.29. The minimum atomic E-state index is -0.604. The van der Waals surface area contributed by atoms with Crippen LogP contribution >= 0.6 is 11.8 Å². The van der Waals surface area contributed by atoms with Gasteiger partial charge in [0.05, 0.1) is 17.2 Å². The third kappa shape index (κ3) is 3.58. The Morgan fingerprint density at radius 1 is 1.47 bits per heavy atom. The summed E-state index contributed by atoms with van der Waals surface area (Å²) < 4.78 is 0. The van der Waals surface area contributed by atoms with Crippen LogP contribution in [0.3, 0.4) is 0 Å². The molecule has 0 aromatic heterocycles. The van der Waals surface area contributed by atoms with Gasteiger partial charge in [-0.25, -0.2) is 0 Å². The maximum atomic E-state index is 12.1. The summed E-state index contributed by atoms with van der Waals surface area (Å²) in [5.41, 5.74) is 0.441. The Morgan fingerprint density at radius 3 is 2.79 bits per heavy atom. The van der Waals surface area contributed by atoms with Gasteiger partial charge in [0.25, 0.3) is 0 Å². The molecule has 0 spiro atoms. The molecule has 102 valence electrons. The van der Waals surface area contributed by atoms with E-state index >= 15 is 0 Å². The second kappa shape index (κ2) is 5.75. The molecule has 0 bridgehead atoms. The van der Waals surface area contributed by atoms with Gasteiger partial charge in [0, 0.05) is 11.3 Å². The number of nitrogens with one attached hydrogen (secondary N) is 1. The Morgan fingerprint density at radius 2 is 2.16 bits per heavy atom. The van der Waals surface area contributed by atoms with Crippen LogP contribution in [0.4, 0.5) is 0 Å². The Hall–Kier alpha value is -1.33. The van der Waals surface area contributed by atoms with E-state index < -0.39 is 5.54 Å². The average molecular weight is 278 g/mol. The normalized spacial score (nSPS) is 19.1. The van der Waals surface area contributed by atoms with Gasteiger partial charge in [0.15, 0.2) is 0 Å². The lowest BCUT2D eigenvalue weighted by Crippen LogP contribution is -2.49. The van der Waals surface area contributed by atoms with Crippen molar-refractivity contribution in [2.24, 2.45) is 4.99 Å². The summed E-state index contributed by atoms with van der Waals surface area (Å²) in [6.45, 7) is 3.48. The van der Waals surface area contributed by atoms with E-state index in [4.69, 9.17) is 5.11 Å². The predicted molar refractivity (Wildman–Crippen MR) is 78.5 cm³/mol. The average Bonchev–Trinajstić information content (AvgIpc) is 2.89. The van der Waals surface area contributed by atoms with Crippen LogP contribution in [0, 0.1) is 0 Å². The molecule has 4 nitrogen and oxygen atoms in total. The van der Waals surface area contributed by atoms with E-state index in [1.807, 2.05) is 30.3 Å². The van der Waals surface area contributed by atoms with Crippen molar-refractivity contribution in [3.63, 3.8) is 0 Å². The zero-order valence-electron chi connectivity index (χ0n) is 11.1. The van der Waals surface area contributed by atoms with Crippen molar-refractivity contribution in [3.05, 3.63) is 35.9 Å². The summed E-state index contributed by atoms with van der Waals surface area (Å²) in [6.07, 6.45) is 0. The fourth-order valence-electron chi connectivity index (χ4n) is 1.70. The predicted octanol–water partition coefficient (Wildman–Crippen LogP) is 1.44. The molecule has 2 rings (SSSR count). The molecule has 0 aliphatic carbocycles. The third-order valence-electron chi connectivity index (χ3n) is 2.83. The number of rotatable bonds is 4. The van der Waals surface area contributed by atoms with Crippen LogP contribution in [0.1, 0.15) is 19.4 Å². The van der Waals surface area contributed by atoms with Crippen molar-refractivity contribution in [2.45, 2.75) is 25.4 Å². The smallest absolute Gasteiger partial charge is 0.246 e. The molecule has 1 aliphatic heterocycles. The lowest BCUT2D eigenvalue weighted by Gasteiger charge is -2.24. The molecule has 1 unspecified atom stereocenters. The summed E-state index contributed by atoms with van der Waals surface area (Å²) in [7, 11) is 0. The minimum Gasteiger partial charge on any atom is -0.394 e. The van der Waals surface area contributed by atoms with E-state index in [1.54, 1.807) is 25.6 Å². The lowest BCUT2D eigenvalue weighted by molar-refractivity contribution is -0.123. The Balaban J connectivity index is 2.05. The van der Waals surface area contributed by atoms with Crippen LogP contribution in [0.15, 0.2) is 35.3 Å². The van der Waals surface area contributed by atoms with Gasteiger partial charge in [-0.3, -0.25) is 9.79 Å². The topological polar surface area (TPSA) is 61.7 Å². The van der Waals surface area contributed by atoms with Crippen molar-refractivity contribution < 1.29 is 9.90 Å². The van der Waals surface area contributed by atoms with Gasteiger partial charge in [-0.1, -0.05) is 30.3 Å². The molecule has 0 saturated carbocycles. The fourth-order valence-corrected chi connectivity index (χ4v) is 2.75. The molecule has 19 heavy (non-hydrogen) atoms. The molecule has 1 amide bonds. The van der Waals surface area contributed by atoms with E-state index in [9.17, 15) is 4.79 Å². The molecule has 5 heteroatoms. The Kier molecular flexibility index (Phi) is 4.27. The third-order valence-corrected chi connectivity index (χ3v) is 3.93. The largest absolute Gasteiger partial charge is 0.394 e. The second-order valence-corrected chi connectivity index (χ2v) is 6.17. The van der Waals surface area contributed by atoms with Gasteiger partial charge in [0.2, 0.25) is 5.91 Å². The van der Waals surface area contributed by atoms with Crippen LogP contribution in [0.25, 0.3) is 0 Å². The van der Waals surface area contributed by atoms with Crippen molar-refractivity contribution in [3.8, 4) is 0 Å². The molecule has 1 aromatic rings. The Labute approximate surface area is 117 Å². The standard InChI is InChI=1S/C14H18N2O2S/c1-14(2,9-17)16-12(18)11-8-19-13(15-11)10-6-4-3-5-7-10/h3-7,11,17H,8-9H2,1-2H3,(H,16,18). The highest BCUT2D eigenvalue weighted by atomic mass is 32.2. The summed E-state index contributed by atoms with van der Waals surface area (Å²) in [5, 5.41) is 12.9. The molecule has 1 heterocycles. The van der Waals surface area contributed by atoms with E-state index in [1.165, 1.54) is 0 Å². The lowest BCUT2D eigenvalue weighted by atomic mass is 10.1. The molecule has 1 atom stereocenters. The fraction of sp³-hybridized carbons (Fsp3) is 0.429. The van der Waals surface area contributed by atoms with Crippen molar-refractivity contribution in [2.75, 3.05) is 12.4 Å². The van der Waals surface area contributed by atoms with Crippen LogP contribution in [-0.2, 0) is 4.79 Å².